The van der Waals surface area contributed by atoms with Gasteiger partial charge < -0.3 is 10.2 Å². The van der Waals surface area contributed by atoms with Crippen molar-refractivity contribution in [1.29, 1.82) is 0 Å². The van der Waals surface area contributed by atoms with Crippen LogP contribution < -0.4 is 5.32 Å². The molecule has 1 aromatic carbocycles. The first-order valence-electron chi connectivity index (χ1n) is 7.53. The lowest BCUT2D eigenvalue weighted by Crippen LogP contribution is -2.43. The normalized spacial score (nSPS) is 19.2. The van der Waals surface area contributed by atoms with Gasteiger partial charge in [-0.15, -0.1) is 0 Å². The van der Waals surface area contributed by atoms with Crippen LogP contribution in [0.25, 0.3) is 0 Å². The molecule has 20 heavy (non-hydrogen) atoms. The number of rotatable bonds is 5. The lowest BCUT2D eigenvalue weighted by molar-refractivity contribution is 0.192. The Kier molecular flexibility index (Phi) is 6.16. The summed E-state index contributed by atoms with van der Waals surface area (Å²) in [5, 5.41) is 5.23. The van der Waals surface area contributed by atoms with Crippen molar-refractivity contribution in [3.05, 3.63) is 33.8 Å². The summed E-state index contributed by atoms with van der Waals surface area (Å²) in [6.07, 6.45) is 3.66. The first-order chi connectivity index (χ1) is 9.60. The van der Waals surface area contributed by atoms with Gasteiger partial charge >= 0.3 is 0 Å². The molecule has 1 aromatic rings. The summed E-state index contributed by atoms with van der Waals surface area (Å²) in [6.45, 7) is 8.02. The van der Waals surface area contributed by atoms with Crippen molar-refractivity contribution in [2.45, 2.75) is 45.2 Å². The summed E-state index contributed by atoms with van der Waals surface area (Å²) < 4.78 is 0. The Morgan fingerprint density at radius 2 is 2.00 bits per heavy atom. The van der Waals surface area contributed by atoms with Crippen molar-refractivity contribution in [2.75, 3.05) is 19.6 Å². The number of halogens is 2. The van der Waals surface area contributed by atoms with Crippen LogP contribution in [0.2, 0.25) is 10.0 Å². The third-order valence-electron chi connectivity index (χ3n) is 4.04. The molecule has 1 aliphatic rings. The van der Waals surface area contributed by atoms with Gasteiger partial charge in [0.05, 0.1) is 0 Å². The number of hydrogen-bond acceptors (Lipinski definition) is 2. The molecule has 1 unspecified atom stereocenters. The lowest BCUT2D eigenvalue weighted by Gasteiger charge is -2.34. The lowest BCUT2D eigenvalue weighted by atomic mass is 10.0. The van der Waals surface area contributed by atoms with E-state index in [1.807, 2.05) is 18.2 Å². The highest BCUT2D eigenvalue weighted by Gasteiger charge is 2.21. The Labute approximate surface area is 132 Å². The van der Waals surface area contributed by atoms with Crippen molar-refractivity contribution in [3.63, 3.8) is 0 Å². The second-order valence-electron chi connectivity index (χ2n) is 5.67. The molecule has 112 valence electrons. The fraction of sp³-hybridized carbons (Fsp3) is 0.625. The molecule has 1 saturated heterocycles. The van der Waals surface area contributed by atoms with Gasteiger partial charge in [0.2, 0.25) is 0 Å². The predicted octanol–water partition coefficient (Wildman–Crippen LogP) is 4.52. The number of nitrogens with one attached hydrogen (secondary N) is 1. The second-order valence-corrected chi connectivity index (χ2v) is 6.51. The summed E-state index contributed by atoms with van der Waals surface area (Å²) in [6, 6.07) is 6.50. The third kappa shape index (κ3) is 4.36. The van der Waals surface area contributed by atoms with E-state index >= 15 is 0 Å². The molecule has 2 rings (SSSR count). The summed E-state index contributed by atoms with van der Waals surface area (Å²) in [7, 11) is 0. The Balaban J connectivity index is 1.89. The smallest absolute Gasteiger partial charge is 0.0454 e. The number of nitrogens with zero attached hydrogens (tertiary/aromatic N) is 1. The van der Waals surface area contributed by atoms with Crippen molar-refractivity contribution in [1.82, 2.24) is 10.2 Å². The number of hydrogen-bond donors (Lipinski definition) is 1. The molecule has 1 N–H and O–H groups in total. The quantitative estimate of drug-likeness (QED) is 0.859. The molecule has 0 saturated carbocycles. The average Bonchev–Trinajstić information content (AvgIpc) is 2.44. The standard InChI is InChI=1S/C16H24Cl2N2/c1-3-8-20-9-6-14(7-10-20)19-12(2)15-11-13(17)4-5-16(15)18/h4-5,11-12,14,19H,3,6-10H2,1-2H3. The number of likely N-dealkylation sites (tertiary alicyclic amines) is 1. The van der Waals surface area contributed by atoms with Crippen molar-refractivity contribution in [3.8, 4) is 0 Å². The summed E-state index contributed by atoms with van der Waals surface area (Å²) in [5.41, 5.74) is 1.09. The van der Waals surface area contributed by atoms with E-state index in [1.165, 1.54) is 38.9 Å². The van der Waals surface area contributed by atoms with Crippen molar-refractivity contribution < 1.29 is 0 Å². The minimum atomic E-state index is 0.240. The van der Waals surface area contributed by atoms with E-state index in [-0.39, 0.29) is 6.04 Å². The molecule has 0 radical (unpaired) electrons. The minimum Gasteiger partial charge on any atom is -0.307 e. The topological polar surface area (TPSA) is 15.3 Å². The molecule has 1 fully saturated rings. The molecule has 1 heterocycles. The van der Waals surface area contributed by atoms with Gasteiger partial charge in [-0.05, 0) is 69.6 Å². The molecular weight excluding hydrogens is 291 g/mol. The zero-order chi connectivity index (χ0) is 14.5. The van der Waals surface area contributed by atoms with Crippen LogP contribution in [0.3, 0.4) is 0 Å². The Hall–Kier alpha value is -0.280. The highest BCUT2D eigenvalue weighted by molar-refractivity contribution is 6.33. The van der Waals surface area contributed by atoms with E-state index in [0.717, 1.165) is 15.6 Å². The summed E-state index contributed by atoms with van der Waals surface area (Å²) in [4.78, 5) is 2.55. The van der Waals surface area contributed by atoms with Crippen LogP contribution in [0.1, 0.15) is 44.7 Å². The van der Waals surface area contributed by atoms with Gasteiger partial charge in [-0.1, -0.05) is 30.1 Å². The molecule has 1 aliphatic heterocycles. The van der Waals surface area contributed by atoms with E-state index in [4.69, 9.17) is 23.2 Å². The molecule has 4 heteroatoms. The van der Waals surface area contributed by atoms with Crippen LogP contribution in [-0.2, 0) is 0 Å². The third-order valence-corrected chi connectivity index (χ3v) is 4.62. The minimum absolute atomic E-state index is 0.240. The zero-order valence-electron chi connectivity index (χ0n) is 12.3. The second kappa shape index (κ2) is 7.65. The number of benzene rings is 1. The monoisotopic (exact) mass is 314 g/mol. The van der Waals surface area contributed by atoms with Gasteiger partial charge in [-0.3, -0.25) is 0 Å². The molecule has 0 spiro atoms. The molecular formula is C16H24Cl2N2. The summed E-state index contributed by atoms with van der Waals surface area (Å²) >= 11 is 12.3. The molecule has 2 nitrogen and oxygen atoms in total. The van der Waals surface area contributed by atoms with Crippen molar-refractivity contribution >= 4 is 23.2 Å². The summed E-state index contributed by atoms with van der Waals surface area (Å²) in [5.74, 6) is 0. The highest BCUT2D eigenvalue weighted by atomic mass is 35.5. The van der Waals surface area contributed by atoms with Crippen LogP contribution in [0, 0.1) is 0 Å². The van der Waals surface area contributed by atoms with Crippen LogP contribution in [0.5, 0.6) is 0 Å². The van der Waals surface area contributed by atoms with E-state index in [0.29, 0.717) is 6.04 Å². The van der Waals surface area contributed by atoms with Crippen molar-refractivity contribution in [2.24, 2.45) is 0 Å². The van der Waals surface area contributed by atoms with Crippen LogP contribution in [0.4, 0.5) is 0 Å². The predicted molar refractivity (Wildman–Crippen MR) is 87.8 cm³/mol. The first kappa shape index (κ1) is 16.1. The van der Waals surface area contributed by atoms with Gasteiger partial charge in [0.15, 0.2) is 0 Å². The molecule has 0 aliphatic carbocycles. The van der Waals surface area contributed by atoms with Gasteiger partial charge in [0, 0.05) is 22.1 Å². The number of piperidine rings is 1. The van der Waals surface area contributed by atoms with Crippen LogP contribution >= 0.6 is 23.2 Å². The van der Waals surface area contributed by atoms with E-state index in [2.05, 4.69) is 24.1 Å². The Morgan fingerprint density at radius 1 is 1.30 bits per heavy atom. The van der Waals surface area contributed by atoms with Crippen LogP contribution in [0.15, 0.2) is 18.2 Å². The molecule has 1 atom stereocenters. The van der Waals surface area contributed by atoms with Gasteiger partial charge in [0.1, 0.15) is 0 Å². The Morgan fingerprint density at radius 3 is 2.65 bits per heavy atom. The Bertz CT molecular complexity index is 428. The average molecular weight is 315 g/mol. The zero-order valence-corrected chi connectivity index (χ0v) is 13.8. The fourth-order valence-electron chi connectivity index (χ4n) is 2.93. The highest BCUT2D eigenvalue weighted by Crippen LogP contribution is 2.27. The van der Waals surface area contributed by atoms with E-state index in [1.54, 1.807) is 0 Å². The molecule has 0 aromatic heterocycles. The van der Waals surface area contributed by atoms with Gasteiger partial charge in [-0.2, -0.15) is 0 Å². The van der Waals surface area contributed by atoms with E-state index < -0.39 is 0 Å². The van der Waals surface area contributed by atoms with Crippen LogP contribution in [-0.4, -0.2) is 30.6 Å². The van der Waals surface area contributed by atoms with Gasteiger partial charge in [0.25, 0.3) is 0 Å². The maximum absolute atomic E-state index is 6.27. The van der Waals surface area contributed by atoms with E-state index in [9.17, 15) is 0 Å². The SMILES string of the molecule is CCCN1CCC(NC(C)c2cc(Cl)ccc2Cl)CC1. The maximum atomic E-state index is 6.27. The maximum Gasteiger partial charge on any atom is 0.0454 e. The largest absolute Gasteiger partial charge is 0.307 e. The molecule has 0 bridgehead atoms. The molecule has 0 amide bonds. The van der Waals surface area contributed by atoms with Gasteiger partial charge in [-0.25, -0.2) is 0 Å². The first-order valence-corrected chi connectivity index (χ1v) is 8.29. The fourth-order valence-corrected chi connectivity index (χ4v) is 3.39.